The Kier molecular flexibility index (Phi) is 7.92. The summed E-state index contributed by atoms with van der Waals surface area (Å²) in [6.07, 6.45) is 8.45. The number of piperidine rings is 1. The summed E-state index contributed by atoms with van der Waals surface area (Å²) in [6, 6.07) is 3.84. The van der Waals surface area contributed by atoms with E-state index in [0.717, 1.165) is 11.8 Å². The van der Waals surface area contributed by atoms with Gasteiger partial charge in [-0.25, -0.2) is 26.6 Å². The number of rotatable bonds is 7. The molecule has 232 valence electrons. The molecule has 1 saturated heterocycles. The molecule has 0 radical (unpaired) electrons. The van der Waals surface area contributed by atoms with Gasteiger partial charge in [0.1, 0.15) is 5.82 Å². The fourth-order valence-electron chi connectivity index (χ4n) is 6.24. The van der Waals surface area contributed by atoms with Crippen molar-refractivity contribution in [3.05, 3.63) is 70.6 Å². The number of halogens is 1. The van der Waals surface area contributed by atoms with Crippen molar-refractivity contribution in [1.82, 2.24) is 34.5 Å². The van der Waals surface area contributed by atoms with Gasteiger partial charge in [-0.15, -0.1) is 5.10 Å². The largest absolute Gasteiger partial charge is 0.478 e. The second kappa shape index (κ2) is 11.7. The van der Waals surface area contributed by atoms with E-state index < -0.39 is 21.8 Å². The van der Waals surface area contributed by atoms with E-state index in [1.165, 1.54) is 22.8 Å². The molecular formula is C29H32FN7O6S. The fourth-order valence-corrected chi connectivity index (χ4v) is 7.11. The number of carboxylic acid groups (broad SMARTS) is 1. The first-order valence-corrected chi connectivity index (χ1v) is 16.3. The highest BCUT2D eigenvalue weighted by Crippen LogP contribution is 2.33. The Morgan fingerprint density at radius 1 is 1.07 bits per heavy atom. The Morgan fingerprint density at radius 3 is 2.52 bits per heavy atom. The van der Waals surface area contributed by atoms with E-state index in [4.69, 9.17) is 0 Å². The van der Waals surface area contributed by atoms with Crippen molar-refractivity contribution in [1.29, 1.82) is 0 Å². The number of fused-ring (bicyclic) bond motifs is 1. The molecule has 1 aliphatic carbocycles. The van der Waals surface area contributed by atoms with Crippen molar-refractivity contribution < 1.29 is 32.3 Å². The first-order valence-electron chi connectivity index (χ1n) is 14.4. The van der Waals surface area contributed by atoms with Crippen LogP contribution in [0.2, 0.25) is 0 Å². The van der Waals surface area contributed by atoms with Crippen LogP contribution in [0.3, 0.4) is 0 Å². The average molecular weight is 626 g/mol. The van der Waals surface area contributed by atoms with E-state index in [0.29, 0.717) is 62.1 Å². The quantitative estimate of drug-likeness (QED) is 0.397. The van der Waals surface area contributed by atoms with E-state index in [1.807, 2.05) is 0 Å². The van der Waals surface area contributed by atoms with Crippen molar-refractivity contribution in [3.8, 4) is 5.69 Å². The van der Waals surface area contributed by atoms with Crippen LogP contribution < -0.4 is 5.32 Å². The monoisotopic (exact) mass is 625 g/mol. The van der Waals surface area contributed by atoms with Crippen LogP contribution in [-0.2, 0) is 27.8 Å². The predicted molar refractivity (Wildman–Crippen MR) is 154 cm³/mol. The zero-order valence-corrected chi connectivity index (χ0v) is 24.8. The number of hydrogen-bond donors (Lipinski definition) is 2. The van der Waals surface area contributed by atoms with Crippen LogP contribution in [0.1, 0.15) is 69.1 Å². The minimum absolute atomic E-state index is 0.0247. The first kappa shape index (κ1) is 29.8. The molecule has 2 fully saturated rings. The summed E-state index contributed by atoms with van der Waals surface area (Å²) in [6.45, 7) is 1.20. The van der Waals surface area contributed by atoms with Gasteiger partial charge in [-0.2, -0.15) is 0 Å². The predicted octanol–water partition coefficient (Wildman–Crippen LogP) is 1.73. The van der Waals surface area contributed by atoms with Gasteiger partial charge in [0.2, 0.25) is 15.9 Å². The van der Waals surface area contributed by atoms with Gasteiger partial charge in [0.05, 0.1) is 41.2 Å². The number of nitrogens with zero attached hydrogens (tertiary/aromatic N) is 6. The second-order valence-electron chi connectivity index (χ2n) is 11.7. The molecule has 15 heteroatoms. The lowest BCUT2D eigenvalue weighted by molar-refractivity contribution is -0.140. The molecule has 6 rings (SSSR count). The molecule has 0 atom stereocenters. The molecule has 44 heavy (non-hydrogen) atoms. The maximum absolute atomic E-state index is 14.5. The molecule has 2 N–H and O–H groups in total. The number of aromatic nitrogens is 4. The van der Waals surface area contributed by atoms with Crippen LogP contribution in [0.5, 0.6) is 0 Å². The lowest BCUT2D eigenvalue weighted by Crippen LogP contribution is -2.51. The third kappa shape index (κ3) is 5.93. The Bertz CT molecular complexity index is 1730. The molecule has 4 heterocycles. The van der Waals surface area contributed by atoms with E-state index in [-0.39, 0.29) is 53.8 Å². The van der Waals surface area contributed by atoms with Crippen LogP contribution in [0.15, 0.2) is 36.8 Å². The van der Waals surface area contributed by atoms with Crippen LogP contribution in [-0.4, -0.2) is 92.4 Å². The van der Waals surface area contributed by atoms with Gasteiger partial charge in [-0.3, -0.25) is 14.6 Å². The number of amides is 2. The fraction of sp³-hybridized carbons (Fsp3) is 0.448. The van der Waals surface area contributed by atoms with Gasteiger partial charge in [0.25, 0.3) is 5.91 Å². The van der Waals surface area contributed by atoms with Crippen molar-refractivity contribution in [2.75, 3.05) is 25.9 Å². The maximum atomic E-state index is 14.5. The van der Waals surface area contributed by atoms with Gasteiger partial charge in [-0.1, -0.05) is 5.21 Å². The highest BCUT2D eigenvalue weighted by molar-refractivity contribution is 7.88. The molecule has 0 unspecified atom stereocenters. The lowest BCUT2D eigenvalue weighted by Gasteiger charge is -2.39. The molecule has 1 aromatic carbocycles. The summed E-state index contributed by atoms with van der Waals surface area (Å²) in [7, 11) is -3.22. The topological polar surface area (TPSA) is 168 Å². The SMILES string of the molecule is CS(=O)(=O)N1CCC(c2cn(-c3cncc(C(=O)NC4CC(C(=O)N5CCc6c(C(=O)O)ccc(F)c6C5)C4)c3)nn2)CC1. The summed E-state index contributed by atoms with van der Waals surface area (Å²) in [5.74, 6) is -2.33. The molecule has 1 saturated carbocycles. The number of benzene rings is 1. The van der Waals surface area contributed by atoms with Crippen LogP contribution >= 0.6 is 0 Å². The molecular weight excluding hydrogens is 593 g/mol. The van der Waals surface area contributed by atoms with E-state index >= 15 is 0 Å². The van der Waals surface area contributed by atoms with Crippen LogP contribution in [0, 0.1) is 11.7 Å². The Labute approximate surface area is 253 Å². The zero-order chi connectivity index (χ0) is 31.2. The molecule has 2 aliphatic heterocycles. The summed E-state index contributed by atoms with van der Waals surface area (Å²) in [5.41, 5.74) is 2.38. The van der Waals surface area contributed by atoms with Gasteiger partial charge in [0, 0.05) is 55.8 Å². The summed E-state index contributed by atoms with van der Waals surface area (Å²) >= 11 is 0. The number of carbonyl (C=O) groups is 3. The number of pyridine rings is 1. The first-order chi connectivity index (χ1) is 21.0. The molecule has 2 amide bonds. The van der Waals surface area contributed by atoms with E-state index in [1.54, 1.807) is 28.0 Å². The third-order valence-corrected chi connectivity index (χ3v) is 10.1. The van der Waals surface area contributed by atoms with Crippen molar-refractivity contribution in [3.63, 3.8) is 0 Å². The molecule has 0 spiro atoms. The Morgan fingerprint density at radius 2 is 1.82 bits per heavy atom. The number of nitrogens with one attached hydrogen (secondary N) is 1. The van der Waals surface area contributed by atoms with Crippen molar-refractivity contribution >= 4 is 27.8 Å². The normalized spacial score (nSPS) is 20.9. The van der Waals surface area contributed by atoms with Crippen LogP contribution in [0.4, 0.5) is 4.39 Å². The van der Waals surface area contributed by atoms with Gasteiger partial charge < -0.3 is 15.3 Å². The Hall–Kier alpha value is -4.24. The number of sulfonamides is 1. The van der Waals surface area contributed by atoms with E-state index in [9.17, 15) is 32.3 Å². The molecule has 3 aromatic rings. The maximum Gasteiger partial charge on any atom is 0.335 e. The zero-order valence-electron chi connectivity index (χ0n) is 24.0. The van der Waals surface area contributed by atoms with Gasteiger partial charge in [-0.05, 0) is 55.9 Å². The molecule has 0 bridgehead atoms. The van der Waals surface area contributed by atoms with Gasteiger partial charge in [0.15, 0.2) is 0 Å². The average Bonchev–Trinajstić information content (AvgIpc) is 3.48. The summed E-state index contributed by atoms with van der Waals surface area (Å²) < 4.78 is 41.1. The summed E-state index contributed by atoms with van der Waals surface area (Å²) in [4.78, 5) is 43.4. The second-order valence-corrected chi connectivity index (χ2v) is 13.6. The Balaban J connectivity index is 1.03. The molecule has 3 aliphatic rings. The number of carbonyl (C=O) groups excluding carboxylic acids is 2. The lowest BCUT2D eigenvalue weighted by atomic mass is 9.78. The highest BCUT2D eigenvalue weighted by Gasteiger charge is 2.39. The number of carboxylic acids is 1. The smallest absolute Gasteiger partial charge is 0.335 e. The van der Waals surface area contributed by atoms with Crippen LogP contribution in [0.25, 0.3) is 5.69 Å². The number of aromatic carboxylic acids is 1. The minimum Gasteiger partial charge on any atom is -0.478 e. The molecule has 13 nitrogen and oxygen atoms in total. The summed E-state index contributed by atoms with van der Waals surface area (Å²) in [5, 5.41) is 20.8. The third-order valence-electron chi connectivity index (χ3n) is 8.82. The minimum atomic E-state index is -3.22. The van der Waals surface area contributed by atoms with Crippen molar-refractivity contribution in [2.45, 2.75) is 50.6 Å². The van der Waals surface area contributed by atoms with Crippen molar-refractivity contribution in [2.24, 2.45) is 5.92 Å². The van der Waals surface area contributed by atoms with Gasteiger partial charge >= 0.3 is 5.97 Å². The molecule has 2 aromatic heterocycles. The number of hydrogen-bond acceptors (Lipinski definition) is 8. The van der Waals surface area contributed by atoms with E-state index in [2.05, 4.69) is 20.6 Å². The highest BCUT2D eigenvalue weighted by atomic mass is 32.2. The standard InChI is InChI=1S/C29H32FN7O6S/c1-44(42,43)36-8-4-17(5-9-36)26-16-37(34-33-26)21-12-19(13-31-14-21)27(38)32-20-10-18(11-20)28(39)35-7-6-22-23(29(40)41)2-3-25(30)24(22)15-35/h2-3,12-14,16-18,20H,4-11,15H2,1H3,(H,32,38)(H,40,41).